The fraction of sp³-hybridized carbons (Fsp3) is 0.133. The Bertz CT molecular complexity index is 611. The van der Waals surface area contributed by atoms with E-state index >= 15 is 0 Å². The largest absolute Gasteiger partial charge is 0.465 e. The van der Waals surface area contributed by atoms with Crippen LogP contribution in [0.3, 0.4) is 0 Å². The molecule has 1 heterocycles. The maximum atomic E-state index is 11.3. The van der Waals surface area contributed by atoms with Crippen molar-refractivity contribution in [1.82, 2.24) is 4.98 Å². The lowest BCUT2D eigenvalue weighted by Crippen LogP contribution is -2.02. The van der Waals surface area contributed by atoms with Crippen LogP contribution in [-0.2, 0) is 10.5 Å². The number of carbonyl (C=O) groups excluding carboxylic acids is 2. The minimum atomic E-state index is -0.393. The predicted octanol–water partition coefficient (Wildman–Crippen LogP) is 2.97. The van der Waals surface area contributed by atoms with Crippen LogP contribution in [0.25, 0.3) is 0 Å². The van der Waals surface area contributed by atoms with E-state index in [1.54, 1.807) is 30.0 Å². The van der Waals surface area contributed by atoms with Gasteiger partial charge in [-0.05, 0) is 24.3 Å². The number of carbonyl (C=O) groups is 2. The summed E-state index contributed by atoms with van der Waals surface area (Å²) in [5.41, 5.74) is 1.95. The number of aldehydes is 1. The van der Waals surface area contributed by atoms with E-state index in [4.69, 9.17) is 0 Å². The van der Waals surface area contributed by atoms with Crippen molar-refractivity contribution in [2.45, 2.75) is 10.6 Å². The number of pyridine rings is 1. The lowest BCUT2D eigenvalue weighted by atomic mass is 10.2. The van der Waals surface area contributed by atoms with Gasteiger partial charge in [0, 0.05) is 22.4 Å². The number of hydrogen-bond acceptors (Lipinski definition) is 5. The van der Waals surface area contributed by atoms with Crippen LogP contribution in [0, 0.1) is 0 Å². The molecule has 1 aromatic heterocycles. The SMILES string of the molecule is COC(=O)c1ccc(CSc2cccc(C=O)c2)nc1. The van der Waals surface area contributed by atoms with Gasteiger partial charge in [0.1, 0.15) is 6.29 Å². The molecule has 0 aliphatic carbocycles. The van der Waals surface area contributed by atoms with E-state index in [2.05, 4.69) is 9.72 Å². The highest BCUT2D eigenvalue weighted by Crippen LogP contribution is 2.22. The van der Waals surface area contributed by atoms with Crippen molar-refractivity contribution in [2.24, 2.45) is 0 Å². The maximum Gasteiger partial charge on any atom is 0.339 e. The summed E-state index contributed by atoms with van der Waals surface area (Å²) in [6, 6.07) is 10.9. The molecule has 0 N–H and O–H groups in total. The Morgan fingerprint density at radius 3 is 2.85 bits per heavy atom. The second-order valence-electron chi connectivity index (χ2n) is 4.01. The number of methoxy groups -OCH3 is 1. The van der Waals surface area contributed by atoms with E-state index in [9.17, 15) is 9.59 Å². The highest BCUT2D eigenvalue weighted by atomic mass is 32.2. The molecule has 0 bridgehead atoms. The molecule has 2 aromatic rings. The predicted molar refractivity (Wildman–Crippen MR) is 77.0 cm³/mol. The lowest BCUT2D eigenvalue weighted by molar-refractivity contribution is 0.0600. The first kappa shape index (κ1) is 14.3. The summed E-state index contributed by atoms with van der Waals surface area (Å²) >= 11 is 1.59. The molecule has 102 valence electrons. The van der Waals surface area contributed by atoms with Crippen molar-refractivity contribution in [2.75, 3.05) is 7.11 Å². The number of nitrogens with zero attached hydrogens (tertiary/aromatic N) is 1. The second-order valence-corrected chi connectivity index (χ2v) is 5.06. The molecule has 5 heteroatoms. The Morgan fingerprint density at radius 1 is 1.35 bits per heavy atom. The van der Waals surface area contributed by atoms with Gasteiger partial charge < -0.3 is 4.74 Å². The van der Waals surface area contributed by atoms with E-state index in [0.717, 1.165) is 16.9 Å². The van der Waals surface area contributed by atoms with Crippen LogP contribution in [0.1, 0.15) is 26.4 Å². The van der Waals surface area contributed by atoms with Crippen molar-refractivity contribution < 1.29 is 14.3 Å². The van der Waals surface area contributed by atoms with Crippen LogP contribution in [0.5, 0.6) is 0 Å². The van der Waals surface area contributed by atoms with Gasteiger partial charge in [0.2, 0.25) is 0 Å². The van der Waals surface area contributed by atoms with Gasteiger partial charge in [-0.2, -0.15) is 0 Å². The Balaban J connectivity index is 2.00. The smallest absolute Gasteiger partial charge is 0.339 e. The van der Waals surface area contributed by atoms with Crippen LogP contribution >= 0.6 is 11.8 Å². The van der Waals surface area contributed by atoms with E-state index in [-0.39, 0.29) is 0 Å². The maximum absolute atomic E-state index is 11.3. The first-order valence-electron chi connectivity index (χ1n) is 5.94. The average Bonchev–Trinajstić information content (AvgIpc) is 2.53. The van der Waals surface area contributed by atoms with Gasteiger partial charge in [-0.1, -0.05) is 12.1 Å². The van der Waals surface area contributed by atoms with Crippen molar-refractivity contribution >= 4 is 24.0 Å². The molecule has 0 radical (unpaired) electrons. The fourth-order valence-corrected chi connectivity index (χ4v) is 2.46. The number of aromatic nitrogens is 1. The van der Waals surface area contributed by atoms with E-state index in [1.807, 2.05) is 18.2 Å². The van der Waals surface area contributed by atoms with Crippen molar-refractivity contribution in [1.29, 1.82) is 0 Å². The Hall–Kier alpha value is -2.14. The van der Waals surface area contributed by atoms with Crippen molar-refractivity contribution in [3.8, 4) is 0 Å². The third kappa shape index (κ3) is 3.68. The summed E-state index contributed by atoms with van der Waals surface area (Å²) in [6.07, 6.45) is 2.33. The van der Waals surface area contributed by atoms with Gasteiger partial charge in [0.25, 0.3) is 0 Å². The van der Waals surface area contributed by atoms with Gasteiger partial charge >= 0.3 is 5.97 Å². The summed E-state index contributed by atoms with van der Waals surface area (Å²) in [4.78, 5) is 27.2. The molecule has 1 aromatic carbocycles. The van der Waals surface area contributed by atoms with Gasteiger partial charge in [0.15, 0.2) is 0 Å². The molecular formula is C15H13NO3S. The molecule has 0 aliphatic heterocycles. The van der Waals surface area contributed by atoms with Crippen molar-refractivity contribution in [3.05, 3.63) is 59.4 Å². The molecule has 2 rings (SSSR count). The summed E-state index contributed by atoms with van der Waals surface area (Å²) in [6.45, 7) is 0. The lowest BCUT2D eigenvalue weighted by Gasteiger charge is -2.03. The number of esters is 1. The third-order valence-electron chi connectivity index (χ3n) is 2.63. The molecule has 0 unspecified atom stereocenters. The molecule has 0 amide bonds. The molecule has 0 saturated heterocycles. The molecule has 0 spiro atoms. The molecule has 0 saturated carbocycles. The molecule has 4 nitrogen and oxygen atoms in total. The van der Waals surface area contributed by atoms with E-state index in [0.29, 0.717) is 16.9 Å². The standard InChI is InChI=1S/C15H13NO3S/c1-19-15(18)12-5-6-13(16-8-12)10-20-14-4-2-3-11(7-14)9-17/h2-9H,10H2,1H3. The summed E-state index contributed by atoms with van der Waals surface area (Å²) in [5.74, 6) is 0.277. The van der Waals surface area contributed by atoms with Crippen LogP contribution < -0.4 is 0 Å². The topological polar surface area (TPSA) is 56.3 Å². The molecule has 0 fully saturated rings. The van der Waals surface area contributed by atoms with E-state index < -0.39 is 5.97 Å². The van der Waals surface area contributed by atoms with Crippen LogP contribution in [0.4, 0.5) is 0 Å². The summed E-state index contributed by atoms with van der Waals surface area (Å²) in [5, 5.41) is 0. The molecule has 0 atom stereocenters. The second kappa shape index (κ2) is 6.86. The van der Waals surface area contributed by atoms with Crippen molar-refractivity contribution in [3.63, 3.8) is 0 Å². The molecular weight excluding hydrogens is 274 g/mol. The van der Waals surface area contributed by atoms with Gasteiger partial charge in [-0.15, -0.1) is 11.8 Å². The minimum absolute atomic E-state index is 0.393. The average molecular weight is 287 g/mol. The van der Waals surface area contributed by atoms with Gasteiger partial charge in [-0.25, -0.2) is 4.79 Å². The Kier molecular flexibility index (Phi) is 4.90. The monoisotopic (exact) mass is 287 g/mol. The third-order valence-corrected chi connectivity index (χ3v) is 3.65. The molecule has 20 heavy (non-hydrogen) atoms. The van der Waals surface area contributed by atoms with Crippen LogP contribution in [0.2, 0.25) is 0 Å². The number of ether oxygens (including phenoxy) is 1. The zero-order valence-electron chi connectivity index (χ0n) is 10.9. The first-order chi connectivity index (χ1) is 9.72. The normalized spacial score (nSPS) is 10.1. The minimum Gasteiger partial charge on any atom is -0.465 e. The first-order valence-corrected chi connectivity index (χ1v) is 6.93. The van der Waals surface area contributed by atoms with Gasteiger partial charge in [-0.3, -0.25) is 9.78 Å². The quantitative estimate of drug-likeness (QED) is 0.481. The van der Waals surface area contributed by atoms with Gasteiger partial charge in [0.05, 0.1) is 18.4 Å². The number of thioether (sulfide) groups is 1. The zero-order chi connectivity index (χ0) is 14.4. The Labute approximate surface area is 121 Å². The number of hydrogen-bond donors (Lipinski definition) is 0. The summed E-state index contributed by atoms with van der Waals surface area (Å²) in [7, 11) is 1.34. The number of benzene rings is 1. The Morgan fingerprint density at radius 2 is 2.20 bits per heavy atom. The fourth-order valence-electron chi connectivity index (χ4n) is 1.58. The zero-order valence-corrected chi connectivity index (χ0v) is 11.7. The highest BCUT2D eigenvalue weighted by Gasteiger charge is 2.05. The van der Waals surface area contributed by atoms with Crippen LogP contribution in [-0.4, -0.2) is 24.3 Å². The number of rotatable bonds is 5. The van der Waals surface area contributed by atoms with Crippen LogP contribution in [0.15, 0.2) is 47.5 Å². The highest BCUT2D eigenvalue weighted by molar-refractivity contribution is 7.98. The molecule has 0 aliphatic rings. The summed E-state index contributed by atoms with van der Waals surface area (Å²) < 4.78 is 4.61. The van der Waals surface area contributed by atoms with E-state index in [1.165, 1.54) is 13.3 Å².